The maximum atomic E-state index is 10.6. The highest BCUT2D eigenvalue weighted by molar-refractivity contribution is 5.78. The molecule has 0 bridgehead atoms. The van der Waals surface area contributed by atoms with Gasteiger partial charge >= 0.3 is 0 Å². The van der Waals surface area contributed by atoms with Gasteiger partial charge in [-0.2, -0.15) is 0 Å². The van der Waals surface area contributed by atoms with Crippen LogP contribution in [0.3, 0.4) is 0 Å². The van der Waals surface area contributed by atoms with E-state index in [2.05, 4.69) is 0 Å². The second-order valence-electron chi connectivity index (χ2n) is 3.53. The van der Waals surface area contributed by atoms with E-state index >= 15 is 0 Å². The van der Waals surface area contributed by atoms with Gasteiger partial charge in [-0.1, -0.05) is 60.7 Å². The average molecular weight is 208 g/mol. The third kappa shape index (κ3) is 2.67. The summed E-state index contributed by atoms with van der Waals surface area (Å²) in [6.07, 6.45) is 4.89. The summed E-state index contributed by atoms with van der Waals surface area (Å²) in [5, 5.41) is 0. The zero-order valence-electron chi connectivity index (χ0n) is 8.84. The van der Waals surface area contributed by atoms with Gasteiger partial charge in [0.1, 0.15) is 6.29 Å². The Morgan fingerprint density at radius 3 is 2.06 bits per heavy atom. The molecule has 1 heteroatoms. The molecule has 0 amide bonds. The van der Waals surface area contributed by atoms with E-state index in [9.17, 15) is 4.79 Å². The number of hydrogen-bond donors (Lipinski definition) is 0. The molecule has 2 aromatic rings. The van der Waals surface area contributed by atoms with Crippen molar-refractivity contribution in [3.8, 4) is 0 Å². The first-order chi connectivity index (χ1) is 7.88. The molecule has 0 aliphatic heterocycles. The summed E-state index contributed by atoms with van der Waals surface area (Å²) in [5.41, 5.74) is 2.89. The van der Waals surface area contributed by atoms with Gasteiger partial charge in [0.25, 0.3) is 0 Å². The van der Waals surface area contributed by atoms with Crippen molar-refractivity contribution >= 4 is 18.4 Å². The van der Waals surface area contributed by atoms with Crippen LogP contribution in [0.4, 0.5) is 0 Å². The maximum absolute atomic E-state index is 10.6. The average Bonchev–Trinajstić information content (AvgIpc) is 2.38. The number of rotatable bonds is 3. The van der Waals surface area contributed by atoms with E-state index in [0.717, 1.165) is 17.4 Å². The van der Waals surface area contributed by atoms with Crippen molar-refractivity contribution in [1.82, 2.24) is 0 Å². The van der Waals surface area contributed by atoms with Crippen LogP contribution in [0.1, 0.15) is 21.5 Å². The van der Waals surface area contributed by atoms with E-state index in [0.29, 0.717) is 5.56 Å². The number of hydrogen-bond acceptors (Lipinski definition) is 1. The summed E-state index contributed by atoms with van der Waals surface area (Å²) in [4.78, 5) is 10.6. The molecular weight excluding hydrogens is 196 g/mol. The fourth-order valence-corrected chi connectivity index (χ4v) is 1.49. The third-order valence-electron chi connectivity index (χ3n) is 2.31. The van der Waals surface area contributed by atoms with Crippen molar-refractivity contribution < 1.29 is 4.79 Å². The number of carbonyl (C=O) groups excluding carboxylic acids is 1. The van der Waals surface area contributed by atoms with E-state index in [1.165, 1.54) is 0 Å². The van der Waals surface area contributed by atoms with Gasteiger partial charge in [0, 0.05) is 5.56 Å². The van der Waals surface area contributed by atoms with Crippen LogP contribution in [0.25, 0.3) is 12.2 Å². The van der Waals surface area contributed by atoms with Crippen molar-refractivity contribution in [3.05, 3.63) is 71.3 Å². The maximum Gasteiger partial charge on any atom is 0.150 e. The van der Waals surface area contributed by atoms with Gasteiger partial charge in [-0.3, -0.25) is 4.79 Å². The van der Waals surface area contributed by atoms with Crippen molar-refractivity contribution in [1.29, 1.82) is 0 Å². The molecule has 2 aromatic carbocycles. The van der Waals surface area contributed by atoms with Gasteiger partial charge < -0.3 is 0 Å². The molecule has 1 nitrogen and oxygen atoms in total. The lowest BCUT2D eigenvalue weighted by molar-refractivity contribution is 0.112. The van der Waals surface area contributed by atoms with Gasteiger partial charge in [-0.15, -0.1) is 0 Å². The van der Waals surface area contributed by atoms with Crippen LogP contribution in [0.5, 0.6) is 0 Å². The Bertz CT molecular complexity index is 498. The van der Waals surface area contributed by atoms with Crippen molar-refractivity contribution in [3.63, 3.8) is 0 Å². The number of aldehydes is 1. The normalized spacial score (nSPS) is 10.5. The smallest absolute Gasteiger partial charge is 0.150 e. The molecule has 0 heterocycles. The molecule has 78 valence electrons. The van der Waals surface area contributed by atoms with E-state index in [4.69, 9.17) is 0 Å². The largest absolute Gasteiger partial charge is 0.298 e. The van der Waals surface area contributed by atoms with Gasteiger partial charge in [0.2, 0.25) is 0 Å². The molecule has 16 heavy (non-hydrogen) atoms. The topological polar surface area (TPSA) is 17.1 Å². The minimum atomic E-state index is 0.704. The Balaban J connectivity index is 2.20. The first kappa shape index (κ1) is 10.4. The Labute approximate surface area is 95.1 Å². The number of benzene rings is 2. The van der Waals surface area contributed by atoms with Crippen LogP contribution < -0.4 is 0 Å². The molecule has 2 rings (SSSR count). The van der Waals surface area contributed by atoms with Crippen LogP contribution in [-0.2, 0) is 0 Å². The van der Waals surface area contributed by atoms with Gasteiger partial charge in [-0.05, 0) is 17.2 Å². The molecule has 0 N–H and O–H groups in total. The first-order valence-corrected chi connectivity index (χ1v) is 5.17. The summed E-state index contributed by atoms with van der Waals surface area (Å²) in [5.74, 6) is 0. The summed E-state index contributed by atoms with van der Waals surface area (Å²) < 4.78 is 0. The highest BCUT2D eigenvalue weighted by Gasteiger charge is 1.90. The third-order valence-corrected chi connectivity index (χ3v) is 2.31. The lowest BCUT2D eigenvalue weighted by Crippen LogP contribution is -1.79. The SMILES string of the molecule is O=Cc1cccc(C=Cc2ccccc2)c1. The standard InChI is InChI=1S/C15H12O/c16-12-15-8-4-7-14(11-15)10-9-13-5-2-1-3-6-13/h1-12H. The molecule has 0 atom stereocenters. The van der Waals surface area contributed by atoms with Crippen molar-refractivity contribution in [2.75, 3.05) is 0 Å². The molecular formula is C15H12O. The lowest BCUT2D eigenvalue weighted by atomic mass is 10.1. The molecule has 0 aromatic heterocycles. The first-order valence-electron chi connectivity index (χ1n) is 5.17. The Morgan fingerprint density at radius 1 is 0.688 bits per heavy atom. The highest BCUT2D eigenvalue weighted by Crippen LogP contribution is 2.09. The van der Waals surface area contributed by atoms with Crippen LogP contribution >= 0.6 is 0 Å². The predicted molar refractivity (Wildman–Crippen MR) is 67.2 cm³/mol. The van der Waals surface area contributed by atoms with Crippen LogP contribution in [0.2, 0.25) is 0 Å². The molecule has 0 fully saturated rings. The van der Waals surface area contributed by atoms with Crippen molar-refractivity contribution in [2.45, 2.75) is 0 Å². The van der Waals surface area contributed by atoms with E-state index in [1.54, 1.807) is 6.07 Å². The zero-order valence-corrected chi connectivity index (χ0v) is 8.84. The van der Waals surface area contributed by atoms with Crippen LogP contribution in [0.15, 0.2) is 54.6 Å². The molecule has 0 saturated carbocycles. The summed E-state index contributed by atoms with van der Waals surface area (Å²) in [6, 6.07) is 17.6. The van der Waals surface area contributed by atoms with E-state index < -0.39 is 0 Å². The van der Waals surface area contributed by atoms with Gasteiger partial charge in [-0.25, -0.2) is 0 Å². The fraction of sp³-hybridized carbons (Fsp3) is 0. The van der Waals surface area contributed by atoms with Crippen molar-refractivity contribution in [2.24, 2.45) is 0 Å². The Kier molecular flexibility index (Phi) is 3.29. The molecule has 0 unspecified atom stereocenters. The minimum Gasteiger partial charge on any atom is -0.298 e. The highest BCUT2D eigenvalue weighted by atomic mass is 16.1. The minimum absolute atomic E-state index is 0.704. The monoisotopic (exact) mass is 208 g/mol. The summed E-state index contributed by atoms with van der Waals surface area (Å²) >= 11 is 0. The van der Waals surface area contributed by atoms with Gasteiger partial charge in [0.05, 0.1) is 0 Å². The lowest BCUT2D eigenvalue weighted by Gasteiger charge is -1.95. The Hall–Kier alpha value is -2.15. The molecule has 0 aliphatic carbocycles. The molecule has 0 radical (unpaired) electrons. The van der Waals surface area contributed by atoms with Crippen LogP contribution in [-0.4, -0.2) is 6.29 Å². The zero-order chi connectivity index (χ0) is 11.2. The quantitative estimate of drug-likeness (QED) is 0.555. The van der Waals surface area contributed by atoms with E-state index in [-0.39, 0.29) is 0 Å². The van der Waals surface area contributed by atoms with Crippen LogP contribution in [0, 0.1) is 0 Å². The van der Waals surface area contributed by atoms with E-state index in [1.807, 2.05) is 60.7 Å². The Morgan fingerprint density at radius 2 is 1.31 bits per heavy atom. The summed E-state index contributed by atoms with van der Waals surface area (Å²) in [7, 11) is 0. The molecule has 0 spiro atoms. The fourth-order valence-electron chi connectivity index (χ4n) is 1.49. The second-order valence-corrected chi connectivity index (χ2v) is 3.53. The predicted octanol–water partition coefficient (Wildman–Crippen LogP) is 3.67. The number of carbonyl (C=O) groups is 1. The molecule has 0 saturated heterocycles. The van der Waals surface area contributed by atoms with Gasteiger partial charge in [0.15, 0.2) is 0 Å². The second kappa shape index (κ2) is 5.08. The summed E-state index contributed by atoms with van der Waals surface area (Å²) in [6.45, 7) is 0. The molecule has 0 aliphatic rings.